The normalized spacial score (nSPS) is 9.65. The van der Waals surface area contributed by atoms with E-state index in [1.165, 1.54) is 24.8 Å². The number of benzene rings is 1. The maximum absolute atomic E-state index is 8.99. The van der Waals surface area contributed by atoms with Crippen molar-refractivity contribution in [2.45, 2.75) is 52.9 Å². The van der Waals surface area contributed by atoms with Crippen molar-refractivity contribution >= 4 is 12.0 Å². The summed E-state index contributed by atoms with van der Waals surface area (Å²) in [5.41, 5.74) is 1.29. The van der Waals surface area contributed by atoms with Crippen molar-refractivity contribution in [2.75, 3.05) is 5.75 Å². The monoisotopic (exact) mass is 373 g/mol. The zero-order chi connectivity index (χ0) is 14.5. The molecule has 0 aliphatic carbocycles. The number of hydrogen-bond donors (Lipinski definition) is 2. The molecule has 0 aliphatic rings. The van der Waals surface area contributed by atoms with Gasteiger partial charge in [0, 0.05) is 38.5 Å². The third-order valence-electron chi connectivity index (χ3n) is 2.67. The van der Waals surface area contributed by atoms with Crippen molar-refractivity contribution in [1.82, 2.24) is 0 Å². The Morgan fingerprint density at radius 2 is 1.65 bits per heavy atom. The molecular weight excluding hydrogens is 345 g/mol. The smallest absolute Gasteiger partial charge is 0.115 e. The van der Waals surface area contributed by atoms with Crippen LogP contribution >= 0.6 is 12.0 Å². The quantitative estimate of drug-likeness (QED) is 0.499. The van der Waals surface area contributed by atoms with Crippen molar-refractivity contribution in [2.24, 2.45) is 5.92 Å². The Hall–Kier alpha value is 0.434. The van der Waals surface area contributed by atoms with E-state index < -0.39 is 0 Å². The third kappa shape index (κ3) is 14.8. The minimum absolute atomic E-state index is 0. The molecule has 20 heavy (non-hydrogen) atoms. The first kappa shape index (κ1) is 22.7. The molecule has 0 unspecified atom stereocenters. The van der Waals surface area contributed by atoms with Crippen LogP contribution in [0.5, 0.6) is 5.75 Å². The maximum Gasteiger partial charge on any atom is 0.115 e. The van der Waals surface area contributed by atoms with Crippen molar-refractivity contribution in [1.29, 1.82) is 0 Å². The second-order valence-electron chi connectivity index (χ2n) is 5.16. The average Bonchev–Trinajstić information content (AvgIpc) is 2.38. The fourth-order valence-corrected chi connectivity index (χ4v) is 2.03. The predicted octanol–water partition coefficient (Wildman–Crippen LogP) is 5.36. The van der Waals surface area contributed by atoms with Crippen LogP contribution in [-0.2, 0) is 39.1 Å². The summed E-state index contributed by atoms with van der Waals surface area (Å²) in [4.78, 5) is 0. The molecule has 1 rings (SSSR count). The van der Waals surface area contributed by atoms with Gasteiger partial charge < -0.3 is 9.66 Å². The molecular formula is C16H28O2SY. The van der Waals surface area contributed by atoms with Crippen molar-refractivity contribution < 1.29 is 42.4 Å². The van der Waals surface area contributed by atoms with E-state index in [1.54, 1.807) is 12.1 Å². The predicted molar refractivity (Wildman–Crippen MR) is 85.9 cm³/mol. The largest absolute Gasteiger partial charge is 0.508 e. The summed E-state index contributed by atoms with van der Waals surface area (Å²) in [6.45, 7) is 6.56. The first-order valence-electron chi connectivity index (χ1n) is 7.14. The van der Waals surface area contributed by atoms with Crippen LogP contribution in [0.4, 0.5) is 0 Å². The summed E-state index contributed by atoms with van der Waals surface area (Å²) in [6, 6.07) is 7.40. The van der Waals surface area contributed by atoms with E-state index in [4.69, 9.17) is 9.66 Å². The minimum Gasteiger partial charge on any atom is -0.508 e. The molecule has 0 atom stereocenters. The van der Waals surface area contributed by atoms with Gasteiger partial charge in [-0.3, -0.25) is 0 Å². The third-order valence-corrected chi connectivity index (χ3v) is 3.14. The number of phenolic OH excluding ortho intramolecular Hbond substituents is 1. The standard InChI is InChI=1S/C10H14O.C6H14OS.Y/c1-8(2)7-9-3-5-10(11)6-4-9;1-2-3-4-5-6-8-7;/h3-6,8,11H,7H2,1-2H3;7H,2-6H2,1H3;. The van der Waals surface area contributed by atoms with Gasteiger partial charge in [-0.2, -0.15) is 0 Å². The van der Waals surface area contributed by atoms with Crippen LogP contribution in [0.25, 0.3) is 0 Å². The van der Waals surface area contributed by atoms with E-state index in [0.29, 0.717) is 11.7 Å². The number of aromatic hydroxyl groups is 1. The summed E-state index contributed by atoms with van der Waals surface area (Å²) in [5.74, 6) is 1.93. The first-order chi connectivity index (χ1) is 9.10. The van der Waals surface area contributed by atoms with Crippen LogP contribution in [0.1, 0.15) is 52.0 Å². The SMILES string of the molecule is CC(C)Cc1ccc(O)cc1.CCCCCCSO.[Y]. The summed E-state index contributed by atoms with van der Waals surface area (Å²) in [6.07, 6.45) is 6.09. The molecule has 2 N–H and O–H groups in total. The summed E-state index contributed by atoms with van der Waals surface area (Å²) in [7, 11) is 0. The van der Waals surface area contributed by atoms with Crippen molar-refractivity contribution in [3.63, 3.8) is 0 Å². The van der Waals surface area contributed by atoms with Gasteiger partial charge in [0.1, 0.15) is 5.75 Å². The van der Waals surface area contributed by atoms with Crippen LogP contribution in [0.2, 0.25) is 0 Å². The maximum atomic E-state index is 8.99. The van der Waals surface area contributed by atoms with E-state index in [0.717, 1.165) is 30.6 Å². The van der Waals surface area contributed by atoms with Gasteiger partial charge in [-0.25, -0.2) is 0 Å². The summed E-state index contributed by atoms with van der Waals surface area (Å²) >= 11 is 0.952. The molecule has 0 saturated heterocycles. The molecule has 4 heteroatoms. The van der Waals surface area contributed by atoms with E-state index in [1.807, 2.05) is 12.1 Å². The molecule has 1 radical (unpaired) electrons. The molecule has 0 saturated carbocycles. The summed E-state index contributed by atoms with van der Waals surface area (Å²) in [5, 5.41) is 8.99. The Morgan fingerprint density at radius 1 is 1.05 bits per heavy atom. The Labute approximate surface area is 153 Å². The van der Waals surface area contributed by atoms with Crippen molar-refractivity contribution in [3.05, 3.63) is 29.8 Å². The van der Waals surface area contributed by atoms with Gasteiger partial charge >= 0.3 is 0 Å². The number of phenols is 1. The Morgan fingerprint density at radius 3 is 2.10 bits per heavy atom. The molecule has 0 aromatic heterocycles. The van der Waals surface area contributed by atoms with Crippen LogP contribution in [-0.4, -0.2) is 15.4 Å². The molecule has 0 fully saturated rings. The first-order valence-corrected chi connectivity index (χ1v) is 8.08. The second kappa shape index (κ2) is 15.8. The molecule has 0 heterocycles. The van der Waals surface area contributed by atoms with Gasteiger partial charge in [0.15, 0.2) is 0 Å². The van der Waals surface area contributed by atoms with Gasteiger partial charge in [0.2, 0.25) is 0 Å². The summed E-state index contributed by atoms with van der Waals surface area (Å²) < 4.78 is 8.28. The van der Waals surface area contributed by atoms with E-state index in [9.17, 15) is 0 Å². The van der Waals surface area contributed by atoms with Gasteiger partial charge in [0.05, 0.1) is 0 Å². The Kier molecular flexibility index (Phi) is 18.0. The number of rotatable bonds is 7. The van der Waals surface area contributed by atoms with Gasteiger partial charge in [-0.15, -0.1) is 0 Å². The van der Waals surface area contributed by atoms with Gasteiger partial charge in [-0.05, 0) is 48.5 Å². The zero-order valence-corrected chi connectivity index (χ0v) is 16.7. The molecule has 1 aromatic carbocycles. The molecule has 0 spiro atoms. The fourth-order valence-electron chi connectivity index (χ4n) is 1.70. The van der Waals surface area contributed by atoms with E-state index in [2.05, 4.69) is 20.8 Å². The van der Waals surface area contributed by atoms with Crippen LogP contribution < -0.4 is 0 Å². The number of unbranched alkanes of at least 4 members (excludes halogenated alkanes) is 3. The molecule has 0 aliphatic heterocycles. The molecule has 0 amide bonds. The average molecular weight is 373 g/mol. The van der Waals surface area contributed by atoms with Crippen LogP contribution in [0.3, 0.4) is 0 Å². The molecule has 2 nitrogen and oxygen atoms in total. The van der Waals surface area contributed by atoms with E-state index >= 15 is 0 Å². The molecule has 0 bridgehead atoms. The molecule has 1 aromatic rings. The molecule has 113 valence electrons. The van der Waals surface area contributed by atoms with Gasteiger partial charge in [0.25, 0.3) is 0 Å². The Bertz CT molecular complexity index is 296. The van der Waals surface area contributed by atoms with Crippen LogP contribution in [0.15, 0.2) is 24.3 Å². The van der Waals surface area contributed by atoms with Crippen molar-refractivity contribution in [3.8, 4) is 5.75 Å². The Balaban J connectivity index is 0. The van der Waals surface area contributed by atoms with E-state index in [-0.39, 0.29) is 32.7 Å². The zero-order valence-electron chi connectivity index (χ0n) is 13.0. The minimum atomic E-state index is 0. The van der Waals surface area contributed by atoms with Crippen LogP contribution in [0, 0.1) is 5.92 Å². The number of hydrogen-bond acceptors (Lipinski definition) is 3. The second-order valence-corrected chi connectivity index (χ2v) is 5.82. The fraction of sp³-hybridized carbons (Fsp3) is 0.625. The van der Waals surface area contributed by atoms with Gasteiger partial charge in [-0.1, -0.05) is 52.2 Å². The topological polar surface area (TPSA) is 40.5 Å².